The normalized spacial score (nSPS) is 10.5. The highest BCUT2D eigenvalue weighted by Gasteiger charge is 2.09. The van der Waals surface area contributed by atoms with Crippen molar-refractivity contribution in [2.24, 2.45) is 0 Å². The summed E-state index contributed by atoms with van der Waals surface area (Å²) in [6, 6.07) is 11.7. The third kappa shape index (κ3) is 2.51. The Balaban J connectivity index is 1.92. The van der Waals surface area contributed by atoms with E-state index in [0.717, 1.165) is 28.1 Å². The lowest BCUT2D eigenvalue weighted by molar-refractivity contribution is -0.384. The molecule has 0 spiro atoms. The summed E-state index contributed by atoms with van der Waals surface area (Å²) in [4.78, 5) is 10.2. The van der Waals surface area contributed by atoms with E-state index >= 15 is 0 Å². The minimum atomic E-state index is -0.429. The molecule has 0 atom stereocenters. The Bertz CT molecular complexity index is 793. The molecule has 6 heteroatoms. The van der Waals surface area contributed by atoms with Crippen molar-refractivity contribution < 1.29 is 14.1 Å². The van der Waals surface area contributed by atoms with Crippen LogP contribution in [0.1, 0.15) is 0 Å². The lowest BCUT2D eigenvalue weighted by Crippen LogP contribution is -1.91. The average Bonchev–Trinajstić information content (AvgIpc) is 2.90. The fourth-order valence-electron chi connectivity index (χ4n) is 2.05. The maximum absolute atomic E-state index is 10.6. The van der Waals surface area contributed by atoms with E-state index in [-0.39, 0.29) is 5.69 Å². The number of rotatable bonds is 4. The van der Waals surface area contributed by atoms with Gasteiger partial charge < -0.3 is 14.5 Å². The number of hydrogen-bond acceptors (Lipinski definition) is 5. The number of hydrogen-bond donors (Lipinski definition) is 1. The Morgan fingerprint density at radius 2 is 1.95 bits per heavy atom. The molecule has 0 aliphatic carbocycles. The minimum absolute atomic E-state index is 0.0549. The van der Waals surface area contributed by atoms with E-state index in [0.29, 0.717) is 0 Å². The Kier molecular flexibility index (Phi) is 3.19. The van der Waals surface area contributed by atoms with Gasteiger partial charge in [0.15, 0.2) is 0 Å². The van der Waals surface area contributed by atoms with Gasteiger partial charge in [0.25, 0.3) is 5.69 Å². The number of methoxy groups -OCH3 is 1. The molecule has 6 nitrogen and oxygen atoms in total. The Morgan fingerprint density at radius 3 is 2.62 bits per heavy atom. The molecule has 1 aromatic heterocycles. The number of anilines is 2. The summed E-state index contributed by atoms with van der Waals surface area (Å²) in [5.74, 6) is 0.732. The predicted octanol–water partition coefficient (Wildman–Crippen LogP) is 4.09. The van der Waals surface area contributed by atoms with Crippen LogP contribution in [0.5, 0.6) is 5.75 Å². The highest BCUT2D eigenvalue weighted by molar-refractivity contribution is 5.93. The van der Waals surface area contributed by atoms with E-state index in [9.17, 15) is 10.1 Å². The third-order valence-electron chi connectivity index (χ3n) is 3.14. The molecule has 1 heterocycles. The highest BCUT2D eigenvalue weighted by atomic mass is 16.6. The first-order chi connectivity index (χ1) is 10.2. The quantitative estimate of drug-likeness (QED) is 0.576. The van der Waals surface area contributed by atoms with Gasteiger partial charge in [0, 0.05) is 23.2 Å². The molecule has 0 aliphatic heterocycles. The Labute approximate surface area is 120 Å². The SMILES string of the molecule is COc1ccc2occ(Nc3ccc([N+](=O)[O-])cc3)c2c1. The number of nitrogens with one attached hydrogen (secondary N) is 1. The molecule has 1 N–H and O–H groups in total. The first kappa shape index (κ1) is 13.0. The number of non-ortho nitro benzene ring substituents is 1. The summed E-state index contributed by atoms with van der Waals surface area (Å²) >= 11 is 0. The number of furan rings is 1. The molecule has 0 bridgehead atoms. The molecular formula is C15H12N2O4. The minimum Gasteiger partial charge on any atom is -0.497 e. The van der Waals surface area contributed by atoms with Gasteiger partial charge >= 0.3 is 0 Å². The smallest absolute Gasteiger partial charge is 0.269 e. The van der Waals surface area contributed by atoms with Gasteiger partial charge in [0.2, 0.25) is 0 Å². The number of benzene rings is 2. The van der Waals surface area contributed by atoms with Crippen LogP contribution in [0.3, 0.4) is 0 Å². The van der Waals surface area contributed by atoms with Crippen molar-refractivity contribution in [1.82, 2.24) is 0 Å². The van der Waals surface area contributed by atoms with Gasteiger partial charge in [-0.3, -0.25) is 10.1 Å². The van der Waals surface area contributed by atoms with E-state index in [1.165, 1.54) is 12.1 Å². The van der Waals surface area contributed by atoms with Gasteiger partial charge in [0.1, 0.15) is 17.6 Å². The second-order valence-electron chi connectivity index (χ2n) is 4.44. The summed E-state index contributed by atoms with van der Waals surface area (Å²) in [6.07, 6.45) is 1.60. The Morgan fingerprint density at radius 1 is 1.19 bits per heavy atom. The van der Waals surface area contributed by atoms with Crippen molar-refractivity contribution in [3.8, 4) is 5.75 Å². The molecule has 0 fully saturated rings. The molecule has 3 rings (SSSR count). The van der Waals surface area contributed by atoms with Crippen molar-refractivity contribution in [2.45, 2.75) is 0 Å². The average molecular weight is 284 g/mol. The highest BCUT2D eigenvalue weighted by Crippen LogP contribution is 2.31. The van der Waals surface area contributed by atoms with Crippen LogP contribution in [0.25, 0.3) is 11.0 Å². The maximum atomic E-state index is 10.6. The van der Waals surface area contributed by atoms with Gasteiger partial charge in [-0.05, 0) is 30.3 Å². The van der Waals surface area contributed by atoms with Gasteiger partial charge in [-0.25, -0.2) is 0 Å². The topological polar surface area (TPSA) is 77.5 Å². The third-order valence-corrected chi connectivity index (χ3v) is 3.14. The zero-order valence-corrected chi connectivity index (χ0v) is 11.2. The number of nitro groups is 1. The van der Waals surface area contributed by atoms with Crippen LogP contribution in [0.2, 0.25) is 0 Å². The fraction of sp³-hybridized carbons (Fsp3) is 0.0667. The number of nitro benzene ring substituents is 1. The van der Waals surface area contributed by atoms with Gasteiger partial charge in [-0.2, -0.15) is 0 Å². The number of nitrogens with zero attached hydrogens (tertiary/aromatic N) is 1. The predicted molar refractivity (Wildman–Crippen MR) is 79.1 cm³/mol. The zero-order chi connectivity index (χ0) is 14.8. The lowest BCUT2D eigenvalue weighted by Gasteiger charge is -2.04. The summed E-state index contributed by atoms with van der Waals surface area (Å²) < 4.78 is 10.7. The summed E-state index contributed by atoms with van der Waals surface area (Å²) in [7, 11) is 1.60. The van der Waals surface area contributed by atoms with Crippen molar-refractivity contribution in [1.29, 1.82) is 0 Å². The fourth-order valence-corrected chi connectivity index (χ4v) is 2.05. The van der Waals surface area contributed by atoms with Crippen LogP contribution in [-0.2, 0) is 0 Å². The number of fused-ring (bicyclic) bond motifs is 1. The van der Waals surface area contributed by atoms with Crippen molar-refractivity contribution in [3.63, 3.8) is 0 Å². The molecule has 21 heavy (non-hydrogen) atoms. The monoisotopic (exact) mass is 284 g/mol. The van der Waals surface area contributed by atoms with Gasteiger partial charge in [-0.1, -0.05) is 0 Å². The molecule has 3 aromatic rings. The van der Waals surface area contributed by atoms with E-state index in [4.69, 9.17) is 9.15 Å². The molecule has 0 saturated heterocycles. The first-order valence-electron chi connectivity index (χ1n) is 6.24. The Hall–Kier alpha value is -3.02. The van der Waals surface area contributed by atoms with Gasteiger partial charge in [0.05, 0.1) is 17.7 Å². The second-order valence-corrected chi connectivity index (χ2v) is 4.44. The molecule has 0 amide bonds. The van der Waals surface area contributed by atoms with E-state index in [1.54, 1.807) is 25.5 Å². The standard InChI is InChI=1S/C15H12N2O4/c1-20-12-6-7-15-13(8-12)14(9-21-15)16-10-2-4-11(5-3-10)17(18)19/h2-9,16H,1H3. The summed E-state index contributed by atoms with van der Waals surface area (Å²) in [6.45, 7) is 0. The zero-order valence-electron chi connectivity index (χ0n) is 11.2. The van der Waals surface area contributed by atoms with Crippen molar-refractivity contribution >= 4 is 28.0 Å². The van der Waals surface area contributed by atoms with E-state index in [1.807, 2.05) is 18.2 Å². The van der Waals surface area contributed by atoms with E-state index in [2.05, 4.69) is 5.32 Å². The second kappa shape index (κ2) is 5.16. The van der Waals surface area contributed by atoms with Gasteiger partial charge in [-0.15, -0.1) is 0 Å². The molecular weight excluding hydrogens is 272 g/mol. The summed E-state index contributed by atoms with van der Waals surface area (Å²) in [5, 5.41) is 14.7. The van der Waals surface area contributed by atoms with Crippen LogP contribution in [-0.4, -0.2) is 12.0 Å². The van der Waals surface area contributed by atoms with Crippen LogP contribution >= 0.6 is 0 Å². The molecule has 0 radical (unpaired) electrons. The summed E-state index contributed by atoms with van der Waals surface area (Å²) in [5.41, 5.74) is 2.31. The van der Waals surface area contributed by atoms with Crippen LogP contribution < -0.4 is 10.1 Å². The lowest BCUT2D eigenvalue weighted by atomic mass is 10.2. The molecule has 0 unspecified atom stereocenters. The first-order valence-corrected chi connectivity index (χ1v) is 6.24. The van der Waals surface area contributed by atoms with Crippen molar-refractivity contribution in [2.75, 3.05) is 12.4 Å². The maximum Gasteiger partial charge on any atom is 0.269 e. The molecule has 2 aromatic carbocycles. The van der Waals surface area contributed by atoms with Crippen LogP contribution in [0.15, 0.2) is 53.1 Å². The van der Waals surface area contributed by atoms with E-state index < -0.39 is 4.92 Å². The molecule has 0 aliphatic rings. The molecule has 106 valence electrons. The largest absolute Gasteiger partial charge is 0.497 e. The van der Waals surface area contributed by atoms with Crippen LogP contribution in [0, 0.1) is 10.1 Å². The van der Waals surface area contributed by atoms with Crippen LogP contribution in [0.4, 0.5) is 17.1 Å². The van der Waals surface area contributed by atoms with Crippen molar-refractivity contribution in [3.05, 3.63) is 58.8 Å². The molecule has 0 saturated carbocycles. The number of ether oxygens (including phenoxy) is 1.